The Balaban J connectivity index is 2.65. The number of hydrogen-bond donors (Lipinski definition) is 3. The van der Waals surface area contributed by atoms with Gasteiger partial charge in [-0.2, -0.15) is 11.8 Å². The first kappa shape index (κ1) is 16.5. The van der Waals surface area contributed by atoms with Gasteiger partial charge in [0, 0.05) is 17.5 Å². The van der Waals surface area contributed by atoms with E-state index in [4.69, 9.17) is 5.11 Å². The number of hydrogen-bond acceptors (Lipinski definition) is 4. The second kappa shape index (κ2) is 8.59. The van der Waals surface area contributed by atoms with E-state index in [9.17, 15) is 5.11 Å². The van der Waals surface area contributed by atoms with E-state index in [1.807, 2.05) is 0 Å². The molecule has 0 saturated heterocycles. The molecule has 1 aromatic rings. The fraction of sp³-hybridized carbons (Fsp3) is 0.600. The van der Waals surface area contributed by atoms with Crippen molar-refractivity contribution >= 4 is 11.8 Å². The standard InChI is InChI=1S/C15H25NO2S/c1-4-16-15(10-19-9-13(18)8-17)14-6-5-11(2)7-12(14)3/h5-7,13,15-18H,4,8-10H2,1-3H3. The molecule has 0 saturated carbocycles. The average Bonchev–Trinajstić information content (AvgIpc) is 2.38. The summed E-state index contributed by atoms with van der Waals surface area (Å²) < 4.78 is 0. The third-order valence-electron chi connectivity index (χ3n) is 3.06. The number of rotatable bonds is 8. The van der Waals surface area contributed by atoms with E-state index in [2.05, 4.69) is 44.3 Å². The molecule has 0 radical (unpaired) electrons. The molecule has 19 heavy (non-hydrogen) atoms. The van der Waals surface area contributed by atoms with Gasteiger partial charge in [0.2, 0.25) is 0 Å². The van der Waals surface area contributed by atoms with Gasteiger partial charge < -0.3 is 15.5 Å². The van der Waals surface area contributed by atoms with Crippen LogP contribution in [0.1, 0.15) is 29.7 Å². The average molecular weight is 283 g/mol. The minimum atomic E-state index is -0.619. The Morgan fingerprint density at radius 3 is 2.58 bits per heavy atom. The number of aryl methyl sites for hydroxylation is 2. The molecule has 3 nitrogen and oxygen atoms in total. The van der Waals surface area contributed by atoms with Crippen molar-refractivity contribution in [1.29, 1.82) is 0 Å². The van der Waals surface area contributed by atoms with E-state index in [0.29, 0.717) is 11.8 Å². The van der Waals surface area contributed by atoms with Gasteiger partial charge in [-0.05, 0) is 31.5 Å². The molecule has 3 N–H and O–H groups in total. The Bertz CT molecular complexity index is 384. The number of nitrogens with one attached hydrogen (secondary N) is 1. The monoisotopic (exact) mass is 283 g/mol. The molecule has 2 unspecified atom stereocenters. The van der Waals surface area contributed by atoms with E-state index < -0.39 is 6.10 Å². The van der Waals surface area contributed by atoms with Crippen LogP contribution in [0.2, 0.25) is 0 Å². The largest absolute Gasteiger partial charge is 0.394 e. The first-order valence-corrected chi connectivity index (χ1v) is 7.91. The summed E-state index contributed by atoms with van der Waals surface area (Å²) in [7, 11) is 0. The highest BCUT2D eigenvalue weighted by Crippen LogP contribution is 2.23. The Morgan fingerprint density at radius 1 is 1.26 bits per heavy atom. The van der Waals surface area contributed by atoms with Crippen molar-refractivity contribution in [3.63, 3.8) is 0 Å². The Labute approximate surface area is 120 Å². The normalized spacial score (nSPS) is 14.4. The third kappa shape index (κ3) is 5.53. The van der Waals surface area contributed by atoms with Gasteiger partial charge in [-0.1, -0.05) is 30.7 Å². The lowest BCUT2D eigenvalue weighted by Crippen LogP contribution is -2.25. The van der Waals surface area contributed by atoms with E-state index >= 15 is 0 Å². The van der Waals surface area contributed by atoms with Crippen LogP contribution in [0.5, 0.6) is 0 Å². The first-order chi connectivity index (χ1) is 9.08. The summed E-state index contributed by atoms with van der Waals surface area (Å²) >= 11 is 1.67. The van der Waals surface area contributed by atoms with Crippen molar-refractivity contribution in [2.45, 2.75) is 32.9 Å². The zero-order valence-corrected chi connectivity index (χ0v) is 12.8. The van der Waals surface area contributed by atoms with E-state index in [1.54, 1.807) is 11.8 Å². The van der Waals surface area contributed by atoms with Crippen LogP contribution >= 0.6 is 11.8 Å². The van der Waals surface area contributed by atoms with Crippen LogP contribution in [0.15, 0.2) is 18.2 Å². The minimum Gasteiger partial charge on any atom is -0.394 e. The van der Waals surface area contributed by atoms with Crippen molar-refractivity contribution in [2.75, 3.05) is 24.7 Å². The van der Waals surface area contributed by atoms with Gasteiger partial charge in [-0.25, -0.2) is 0 Å². The predicted octanol–water partition coefficient (Wildman–Crippen LogP) is 2.04. The van der Waals surface area contributed by atoms with Crippen LogP contribution in [0.3, 0.4) is 0 Å². The lowest BCUT2D eigenvalue weighted by Gasteiger charge is -2.21. The molecule has 0 spiro atoms. The molecule has 108 valence electrons. The van der Waals surface area contributed by atoms with E-state index in [1.165, 1.54) is 16.7 Å². The van der Waals surface area contributed by atoms with Crippen molar-refractivity contribution in [2.24, 2.45) is 0 Å². The first-order valence-electron chi connectivity index (χ1n) is 6.75. The van der Waals surface area contributed by atoms with Crippen molar-refractivity contribution in [1.82, 2.24) is 5.32 Å². The predicted molar refractivity (Wildman–Crippen MR) is 82.8 cm³/mol. The van der Waals surface area contributed by atoms with Gasteiger partial charge in [0.05, 0.1) is 12.7 Å². The van der Waals surface area contributed by atoms with Crippen molar-refractivity contribution in [3.05, 3.63) is 34.9 Å². The quantitative estimate of drug-likeness (QED) is 0.683. The number of thioether (sulfide) groups is 1. The maximum Gasteiger partial charge on any atom is 0.0861 e. The van der Waals surface area contributed by atoms with Gasteiger partial charge in [0.25, 0.3) is 0 Å². The van der Waals surface area contributed by atoms with Gasteiger partial charge in [-0.3, -0.25) is 0 Å². The molecular weight excluding hydrogens is 258 g/mol. The van der Waals surface area contributed by atoms with Crippen molar-refractivity contribution < 1.29 is 10.2 Å². The van der Waals surface area contributed by atoms with Gasteiger partial charge in [-0.15, -0.1) is 0 Å². The van der Waals surface area contributed by atoms with Crippen LogP contribution in [0.25, 0.3) is 0 Å². The van der Waals surface area contributed by atoms with Crippen LogP contribution in [0.4, 0.5) is 0 Å². The maximum absolute atomic E-state index is 9.37. The minimum absolute atomic E-state index is 0.164. The highest BCUT2D eigenvalue weighted by molar-refractivity contribution is 7.99. The molecule has 0 amide bonds. The highest BCUT2D eigenvalue weighted by Gasteiger charge is 2.13. The highest BCUT2D eigenvalue weighted by atomic mass is 32.2. The Morgan fingerprint density at radius 2 is 2.00 bits per heavy atom. The Hall–Kier alpha value is -0.550. The third-order valence-corrected chi connectivity index (χ3v) is 4.25. The molecule has 0 aliphatic heterocycles. The van der Waals surface area contributed by atoms with Gasteiger partial charge in [0.1, 0.15) is 0 Å². The molecule has 2 atom stereocenters. The van der Waals surface area contributed by atoms with Gasteiger partial charge in [0.15, 0.2) is 0 Å². The molecule has 4 heteroatoms. The summed E-state index contributed by atoms with van der Waals surface area (Å²) in [5.74, 6) is 1.47. The second-order valence-electron chi connectivity index (χ2n) is 4.84. The number of aliphatic hydroxyl groups excluding tert-OH is 2. The molecule has 1 rings (SSSR count). The SMILES string of the molecule is CCNC(CSCC(O)CO)c1ccc(C)cc1C. The summed E-state index contributed by atoms with van der Waals surface area (Å²) in [4.78, 5) is 0. The fourth-order valence-electron chi connectivity index (χ4n) is 2.10. The van der Waals surface area contributed by atoms with Crippen LogP contribution in [0, 0.1) is 13.8 Å². The fourth-order valence-corrected chi connectivity index (χ4v) is 3.14. The zero-order chi connectivity index (χ0) is 14.3. The Kier molecular flexibility index (Phi) is 7.46. The summed E-state index contributed by atoms with van der Waals surface area (Å²) in [6.07, 6.45) is -0.619. The number of aliphatic hydroxyl groups is 2. The van der Waals surface area contributed by atoms with E-state index in [0.717, 1.165) is 12.3 Å². The molecule has 0 aliphatic carbocycles. The lowest BCUT2D eigenvalue weighted by molar-refractivity contribution is 0.113. The summed E-state index contributed by atoms with van der Waals surface area (Å²) in [5, 5.41) is 21.7. The summed E-state index contributed by atoms with van der Waals surface area (Å²) in [6, 6.07) is 6.81. The molecular formula is C15H25NO2S. The summed E-state index contributed by atoms with van der Waals surface area (Å²) in [6.45, 7) is 7.10. The lowest BCUT2D eigenvalue weighted by atomic mass is 10.0. The molecule has 0 fully saturated rings. The molecule has 0 aromatic heterocycles. The van der Waals surface area contributed by atoms with Crippen molar-refractivity contribution in [3.8, 4) is 0 Å². The topological polar surface area (TPSA) is 52.5 Å². The molecule has 1 aromatic carbocycles. The second-order valence-corrected chi connectivity index (χ2v) is 5.92. The van der Waals surface area contributed by atoms with Crippen LogP contribution < -0.4 is 5.32 Å². The molecule has 0 aliphatic rings. The summed E-state index contributed by atoms with van der Waals surface area (Å²) in [5.41, 5.74) is 3.90. The van der Waals surface area contributed by atoms with Crippen LogP contribution in [-0.2, 0) is 0 Å². The van der Waals surface area contributed by atoms with E-state index in [-0.39, 0.29) is 6.61 Å². The zero-order valence-electron chi connectivity index (χ0n) is 12.0. The van der Waals surface area contributed by atoms with Gasteiger partial charge >= 0.3 is 0 Å². The molecule has 0 bridgehead atoms. The smallest absolute Gasteiger partial charge is 0.0861 e. The van der Waals surface area contributed by atoms with Crippen LogP contribution in [-0.4, -0.2) is 41.0 Å². The molecule has 0 heterocycles. The maximum atomic E-state index is 9.37. The number of benzene rings is 1.